The van der Waals surface area contributed by atoms with Gasteiger partial charge < -0.3 is 19.1 Å². The van der Waals surface area contributed by atoms with Crippen LogP contribution in [0.2, 0.25) is 0 Å². The van der Waals surface area contributed by atoms with E-state index >= 15 is 0 Å². The third-order valence-electron chi connectivity index (χ3n) is 9.53. The number of carbonyl (C=O) groups excluding carboxylic acids is 1. The molecule has 0 saturated carbocycles. The molecular formula is C45H87NO4. The van der Waals surface area contributed by atoms with Crippen molar-refractivity contribution < 1.29 is 19.0 Å². The smallest absolute Gasteiger partial charge is 0.305 e. The molecule has 5 heteroatoms. The van der Waals surface area contributed by atoms with Crippen LogP contribution in [0.25, 0.3) is 0 Å². The molecule has 0 aliphatic heterocycles. The summed E-state index contributed by atoms with van der Waals surface area (Å²) in [5.74, 6) is -0.133. The molecule has 0 heterocycles. The van der Waals surface area contributed by atoms with Crippen molar-refractivity contribution in [2.45, 2.75) is 213 Å². The lowest BCUT2D eigenvalue weighted by molar-refractivity contribution is -0.150. The summed E-state index contributed by atoms with van der Waals surface area (Å²) in [6.45, 7) is 7.72. The molecule has 0 aliphatic carbocycles. The van der Waals surface area contributed by atoms with Crippen LogP contribution in [0.4, 0.5) is 0 Å². The summed E-state index contributed by atoms with van der Waals surface area (Å²) >= 11 is 0. The van der Waals surface area contributed by atoms with E-state index < -0.39 is 0 Å². The highest BCUT2D eigenvalue weighted by atomic mass is 16.6. The second-order valence-electron chi connectivity index (χ2n) is 15.0. The Morgan fingerprint density at radius 3 is 1.34 bits per heavy atom. The first-order valence-corrected chi connectivity index (χ1v) is 21.9. The normalized spacial score (nSPS) is 12.6. The number of unbranched alkanes of at least 4 members (excludes halogenated alkanes) is 24. The highest BCUT2D eigenvalue weighted by Crippen LogP contribution is 2.12. The molecule has 1 atom stereocenters. The first-order valence-electron chi connectivity index (χ1n) is 21.9. The van der Waals surface area contributed by atoms with Crippen molar-refractivity contribution in [2.75, 3.05) is 47.1 Å². The zero-order valence-electron chi connectivity index (χ0n) is 34.2. The first-order chi connectivity index (χ1) is 24.6. The third kappa shape index (κ3) is 41.3. The maximum Gasteiger partial charge on any atom is 0.305 e. The van der Waals surface area contributed by atoms with Crippen molar-refractivity contribution in [1.29, 1.82) is 0 Å². The molecule has 0 aromatic rings. The van der Waals surface area contributed by atoms with Crippen LogP contribution < -0.4 is 0 Å². The van der Waals surface area contributed by atoms with Crippen LogP contribution in [0.1, 0.15) is 206 Å². The molecule has 50 heavy (non-hydrogen) atoms. The minimum atomic E-state index is -0.176. The zero-order valence-corrected chi connectivity index (χ0v) is 34.2. The SMILES string of the molecule is CCCCCCCC/C=C\CCCCCCCCOCC(COC(=O)CCCN(C)C)OCCCCCCCC/C=C\CCCCCCCC. The Bertz CT molecular complexity index is 722. The van der Waals surface area contributed by atoms with Crippen molar-refractivity contribution in [2.24, 2.45) is 0 Å². The van der Waals surface area contributed by atoms with Crippen molar-refractivity contribution in [3.8, 4) is 0 Å². The molecule has 0 amide bonds. The Morgan fingerprint density at radius 2 is 0.900 bits per heavy atom. The van der Waals surface area contributed by atoms with Gasteiger partial charge in [-0.1, -0.05) is 154 Å². The lowest BCUT2D eigenvalue weighted by atomic mass is 10.1. The predicted molar refractivity (Wildman–Crippen MR) is 218 cm³/mol. The van der Waals surface area contributed by atoms with Crippen LogP contribution in [0.15, 0.2) is 24.3 Å². The quantitative estimate of drug-likeness (QED) is 0.0360. The van der Waals surface area contributed by atoms with Crippen molar-refractivity contribution >= 4 is 5.97 Å². The standard InChI is InChI=1S/C45H87NO4/c1-5-7-9-11-13-15-17-19-21-23-25-27-29-31-33-35-40-48-42-44(43-50-45(47)38-37-39-46(3)4)49-41-36-34-32-30-28-26-24-22-20-18-16-14-12-10-8-6-2/h19-22,44H,5-18,23-43H2,1-4H3/b21-19-,22-20-. The largest absolute Gasteiger partial charge is 0.463 e. The fourth-order valence-corrected chi connectivity index (χ4v) is 6.21. The van der Waals surface area contributed by atoms with Gasteiger partial charge in [-0.25, -0.2) is 0 Å². The molecular weight excluding hydrogens is 618 g/mol. The molecule has 0 fully saturated rings. The highest BCUT2D eigenvalue weighted by Gasteiger charge is 2.13. The Labute approximate surface area is 313 Å². The van der Waals surface area contributed by atoms with E-state index in [1.807, 2.05) is 14.1 Å². The number of carbonyl (C=O) groups is 1. The van der Waals surface area contributed by atoms with Gasteiger partial charge in [0.25, 0.3) is 0 Å². The zero-order chi connectivity index (χ0) is 36.4. The minimum absolute atomic E-state index is 0.133. The van der Waals surface area contributed by atoms with Crippen LogP contribution in [-0.4, -0.2) is 64.0 Å². The van der Waals surface area contributed by atoms with Gasteiger partial charge in [-0.15, -0.1) is 0 Å². The monoisotopic (exact) mass is 706 g/mol. The van der Waals surface area contributed by atoms with E-state index in [-0.39, 0.29) is 12.1 Å². The Morgan fingerprint density at radius 1 is 0.500 bits per heavy atom. The molecule has 296 valence electrons. The van der Waals surface area contributed by atoms with Crippen LogP contribution in [-0.2, 0) is 19.0 Å². The average Bonchev–Trinajstić information content (AvgIpc) is 3.10. The predicted octanol–water partition coefficient (Wildman–Crippen LogP) is 13.3. The number of hydrogen-bond acceptors (Lipinski definition) is 5. The number of esters is 1. The Kier molecular flexibility index (Phi) is 41.3. The third-order valence-corrected chi connectivity index (χ3v) is 9.53. The van der Waals surface area contributed by atoms with Gasteiger partial charge in [0.1, 0.15) is 12.7 Å². The average molecular weight is 706 g/mol. The number of nitrogens with zero attached hydrogens (tertiary/aromatic N) is 1. The molecule has 0 rings (SSSR count). The molecule has 5 nitrogen and oxygen atoms in total. The summed E-state index contributed by atoms with van der Waals surface area (Å²) in [4.78, 5) is 14.4. The molecule has 0 radical (unpaired) electrons. The van der Waals surface area contributed by atoms with Gasteiger partial charge >= 0.3 is 5.97 Å². The summed E-state index contributed by atoms with van der Waals surface area (Å²) < 4.78 is 17.8. The van der Waals surface area contributed by atoms with Crippen molar-refractivity contribution in [3.05, 3.63) is 24.3 Å². The van der Waals surface area contributed by atoms with Gasteiger partial charge in [-0.05, 0) is 91.3 Å². The Balaban J connectivity index is 3.94. The minimum Gasteiger partial charge on any atom is -0.463 e. The fourth-order valence-electron chi connectivity index (χ4n) is 6.21. The van der Waals surface area contributed by atoms with Crippen molar-refractivity contribution in [1.82, 2.24) is 4.90 Å². The first kappa shape index (κ1) is 48.8. The molecule has 0 bridgehead atoms. The van der Waals surface area contributed by atoms with Gasteiger partial charge in [0, 0.05) is 19.6 Å². The lowest BCUT2D eigenvalue weighted by Gasteiger charge is -2.18. The van der Waals surface area contributed by atoms with Gasteiger partial charge in [-0.3, -0.25) is 4.79 Å². The highest BCUT2D eigenvalue weighted by molar-refractivity contribution is 5.69. The van der Waals surface area contributed by atoms with E-state index in [2.05, 4.69) is 43.1 Å². The summed E-state index contributed by atoms with van der Waals surface area (Å²) in [6.07, 6.45) is 47.3. The molecule has 1 unspecified atom stereocenters. The van der Waals surface area contributed by atoms with E-state index in [0.717, 1.165) is 32.4 Å². The number of ether oxygens (including phenoxy) is 3. The van der Waals surface area contributed by atoms with Crippen LogP contribution in [0, 0.1) is 0 Å². The summed E-state index contributed by atoms with van der Waals surface area (Å²) in [5, 5.41) is 0. The molecule has 0 aliphatic rings. The van der Waals surface area contributed by atoms with E-state index in [1.165, 1.54) is 167 Å². The molecule has 0 aromatic carbocycles. The topological polar surface area (TPSA) is 48.0 Å². The summed E-state index contributed by atoms with van der Waals surface area (Å²) in [6, 6.07) is 0. The van der Waals surface area contributed by atoms with E-state index in [1.54, 1.807) is 0 Å². The number of rotatable bonds is 41. The molecule has 0 saturated heterocycles. The second-order valence-corrected chi connectivity index (χ2v) is 15.0. The summed E-state index contributed by atoms with van der Waals surface area (Å²) in [5.41, 5.74) is 0. The Hall–Kier alpha value is -1.17. The van der Waals surface area contributed by atoms with E-state index in [4.69, 9.17) is 14.2 Å². The number of allylic oxidation sites excluding steroid dienone is 4. The molecule has 0 N–H and O–H groups in total. The van der Waals surface area contributed by atoms with E-state index in [9.17, 15) is 4.79 Å². The summed E-state index contributed by atoms with van der Waals surface area (Å²) in [7, 11) is 4.05. The van der Waals surface area contributed by atoms with Gasteiger partial charge in [-0.2, -0.15) is 0 Å². The maximum absolute atomic E-state index is 12.3. The van der Waals surface area contributed by atoms with E-state index in [0.29, 0.717) is 26.2 Å². The van der Waals surface area contributed by atoms with Crippen LogP contribution >= 0.6 is 0 Å². The fraction of sp³-hybridized carbons (Fsp3) is 0.889. The molecule has 0 spiro atoms. The maximum atomic E-state index is 12.3. The van der Waals surface area contributed by atoms with Crippen LogP contribution in [0.5, 0.6) is 0 Å². The van der Waals surface area contributed by atoms with Gasteiger partial charge in [0.05, 0.1) is 6.61 Å². The van der Waals surface area contributed by atoms with Crippen LogP contribution in [0.3, 0.4) is 0 Å². The van der Waals surface area contributed by atoms with Gasteiger partial charge in [0.15, 0.2) is 0 Å². The lowest BCUT2D eigenvalue weighted by Crippen LogP contribution is -2.28. The van der Waals surface area contributed by atoms with Gasteiger partial charge in [0.2, 0.25) is 0 Å². The molecule has 0 aromatic heterocycles. The second kappa shape index (κ2) is 42.2. The number of hydrogen-bond donors (Lipinski definition) is 0. The van der Waals surface area contributed by atoms with Crippen molar-refractivity contribution in [3.63, 3.8) is 0 Å².